The van der Waals surface area contributed by atoms with Crippen LogP contribution in [0.15, 0.2) is 64.4 Å². The number of aryl methyl sites for hydroxylation is 1. The number of rotatable bonds is 6. The van der Waals surface area contributed by atoms with E-state index < -0.39 is 15.1 Å². The van der Waals surface area contributed by atoms with E-state index in [-0.39, 0.29) is 4.90 Å². The zero-order chi connectivity index (χ0) is 22.2. The first-order valence-electron chi connectivity index (χ1n) is 9.56. The van der Waals surface area contributed by atoms with E-state index >= 15 is 0 Å². The first-order chi connectivity index (χ1) is 14.8. The molecule has 0 saturated carbocycles. The maximum atomic E-state index is 12.7. The van der Waals surface area contributed by atoms with Crippen molar-refractivity contribution >= 4 is 59.9 Å². The average Bonchev–Trinajstić information content (AvgIpc) is 3.11. The quantitative estimate of drug-likeness (QED) is 0.392. The minimum atomic E-state index is -3.46. The van der Waals surface area contributed by atoms with Gasteiger partial charge < -0.3 is 15.2 Å². The van der Waals surface area contributed by atoms with Gasteiger partial charge in [0, 0.05) is 18.9 Å². The van der Waals surface area contributed by atoms with Gasteiger partial charge in [0.15, 0.2) is 9.84 Å². The van der Waals surface area contributed by atoms with Crippen molar-refractivity contribution in [3.8, 4) is 0 Å². The molecule has 8 nitrogen and oxygen atoms in total. The highest BCUT2D eigenvalue weighted by molar-refractivity contribution is 9.10. The van der Waals surface area contributed by atoms with Crippen molar-refractivity contribution in [2.24, 2.45) is 7.05 Å². The van der Waals surface area contributed by atoms with Crippen LogP contribution >= 0.6 is 15.9 Å². The van der Waals surface area contributed by atoms with Crippen LogP contribution in [0.5, 0.6) is 0 Å². The van der Waals surface area contributed by atoms with E-state index in [0.717, 1.165) is 16.7 Å². The number of nitrogens with one attached hydrogen (secondary N) is 2. The highest BCUT2D eigenvalue weighted by atomic mass is 79.9. The zero-order valence-corrected chi connectivity index (χ0v) is 19.6. The van der Waals surface area contributed by atoms with Crippen molar-refractivity contribution in [3.05, 3.63) is 59.5 Å². The number of fused-ring (bicyclic) bond motifs is 1. The number of sulfone groups is 1. The van der Waals surface area contributed by atoms with Crippen molar-refractivity contribution in [1.82, 2.24) is 19.5 Å². The molecule has 0 amide bonds. The molecule has 0 aliphatic heterocycles. The minimum Gasteiger partial charge on any atom is -0.338 e. The first-order valence-corrected chi connectivity index (χ1v) is 11.9. The van der Waals surface area contributed by atoms with E-state index in [9.17, 15) is 8.42 Å². The van der Waals surface area contributed by atoms with Crippen molar-refractivity contribution in [3.63, 3.8) is 0 Å². The molecule has 10 heteroatoms. The number of halogens is 1. The summed E-state index contributed by atoms with van der Waals surface area (Å²) in [6, 6.07) is 12.6. The number of para-hydroxylation sites is 1. The van der Waals surface area contributed by atoms with Crippen molar-refractivity contribution in [1.29, 1.82) is 0 Å². The SMILES string of the molecule is CC(C)S(=O)(=O)c1ccccc1Nc1nc(Nc2ccc3c(c2)ncn3C)ncc1Br. The van der Waals surface area contributed by atoms with E-state index in [1.807, 2.05) is 29.8 Å². The molecule has 0 radical (unpaired) electrons. The molecule has 4 aromatic rings. The number of imidazole rings is 1. The molecule has 2 heterocycles. The second-order valence-electron chi connectivity index (χ2n) is 7.29. The van der Waals surface area contributed by atoms with Gasteiger partial charge in [-0.25, -0.2) is 18.4 Å². The van der Waals surface area contributed by atoms with E-state index in [0.29, 0.717) is 21.9 Å². The maximum absolute atomic E-state index is 12.7. The van der Waals surface area contributed by atoms with Gasteiger partial charge in [-0.05, 0) is 60.1 Å². The molecule has 0 atom stereocenters. The third kappa shape index (κ3) is 4.26. The maximum Gasteiger partial charge on any atom is 0.229 e. The van der Waals surface area contributed by atoms with Crippen LogP contribution in [0.2, 0.25) is 0 Å². The fraction of sp³-hybridized carbons (Fsp3) is 0.190. The summed E-state index contributed by atoms with van der Waals surface area (Å²) in [5, 5.41) is 5.76. The number of anilines is 4. The van der Waals surface area contributed by atoms with E-state index in [1.54, 1.807) is 50.6 Å². The van der Waals surface area contributed by atoms with Gasteiger partial charge in [-0.2, -0.15) is 4.98 Å². The van der Waals surface area contributed by atoms with Gasteiger partial charge in [-0.1, -0.05) is 12.1 Å². The molecule has 2 aromatic heterocycles. The number of nitrogens with zero attached hydrogens (tertiary/aromatic N) is 4. The molecular formula is C21H21BrN6O2S. The van der Waals surface area contributed by atoms with E-state index in [1.165, 1.54) is 0 Å². The van der Waals surface area contributed by atoms with Crippen LogP contribution in [0.25, 0.3) is 11.0 Å². The van der Waals surface area contributed by atoms with Crippen LogP contribution in [0.1, 0.15) is 13.8 Å². The van der Waals surface area contributed by atoms with Crippen LogP contribution in [0.3, 0.4) is 0 Å². The molecule has 0 aliphatic carbocycles. The smallest absolute Gasteiger partial charge is 0.229 e. The normalized spacial score (nSPS) is 11.8. The summed E-state index contributed by atoms with van der Waals surface area (Å²) in [5.74, 6) is 0.813. The molecule has 160 valence electrons. The molecule has 0 fully saturated rings. The van der Waals surface area contributed by atoms with Crippen LogP contribution < -0.4 is 10.6 Å². The van der Waals surface area contributed by atoms with E-state index in [2.05, 4.69) is 41.5 Å². The summed E-state index contributed by atoms with van der Waals surface area (Å²) < 4.78 is 28.0. The van der Waals surface area contributed by atoms with Gasteiger partial charge in [0.25, 0.3) is 0 Å². The number of hydrogen-bond donors (Lipinski definition) is 2. The summed E-state index contributed by atoms with van der Waals surface area (Å²) in [6.45, 7) is 3.32. The lowest BCUT2D eigenvalue weighted by atomic mass is 10.3. The monoisotopic (exact) mass is 500 g/mol. The summed E-state index contributed by atoms with van der Waals surface area (Å²) in [7, 11) is -1.52. The Morgan fingerprint density at radius 1 is 1.06 bits per heavy atom. The molecular weight excluding hydrogens is 480 g/mol. The highest BCUT2D eigenvalue weighted by Crippen LogP contribution is 2.31. The Bertz CT molecular complexity index is 1370. The molecule has 0 bridgehead atoms. The number of hydrogen-bond acceptors (Lipinski definition) is 7. The highest BCUT2D eigenvalue weighted by Gasteiger charge is 2.23. The van der Waals surface area contributed by atoms with Crippen LogP contribution in [-0.4, -0.2) is 33.2 Å². The lowest BCUT2D eigenvalue weighted by Gasteiger charge is -2.15. The van der Waals surface area contributed by atoms with Crippen LogP contribution in [0, 0.1) is 0 Å². The lowest BCUT2D eigenvalue weighted by Crippen LogP contribution is -2.15. The molecule has 2 aromatic carbocycles. The summed E-state index contributed by atoms with van der Waals surface area (Å²) in [6.07, 6.45) is 3.37. The Labute approximate surface area is 188 Å². The molecule has 31 heavy (non-hydrogen) atoms. The van der Waals surface area contributed by atoms with Crippen molar-refractivity contribution < 1.29 is 8.42 Å². The molecule has 0 spiro atoms. The Kier molecular flexibility index (Phi) is 5.67. The molecule has 4 rings (SSSR count). The number of benzene rings is 2. The lowest BCUT2D eigenvalue weighted by molar-refractivity contribution is 0.588. The van der Waals surface area contributed by atoms with Crippen LogP contribution in [-0.2, 0) is 16.9 Å². The Morgan fingerprint density at radius 3 is 2.61 bits per heavy atom. The Morgan fingerprint density at radius 2 is 1.84 bits per heavy atom. The van der Waals surface area contributed by atoms with Gasteiger partial charge in [0.05, 0.1) is 37.7 Å². The Hall–Kier alpha value is -2.98. The second kappa shape index (κ2) is 8.27. The third-order valence-corrected chi connectivity index (χ3v) is 7.58. The minimum absolute atomic E-state index is 0.227. The Balaban J connectivity index is 1.65. The molecule has 0 aliphatic rings. The largest absolute Gasteiger partial charge is 0.338 e. The third-order valence-electron chi connectivity index (χ3n) is 4.79. The molecule has 0 saturated heterocycles. The standard InChI is InChI=1S/C21H21BrN6O2S/c1-13(2)31(29,30)19-7-5-4-6-16(19)26-20-15(22)11-23-21(27-20)25-14-8-9-18-17(10-14)24-12-28(18)3/h4-13H,1-3H3,(H2,23,25,26,27). The van der Waals surface area contributed by atoms with Crippen molar-refractivity contribution in [2.45, 2.75) is 24.0 Å². The molecule has 0 unspecified atom stereocenters. The van der Waals surface area contributed by atoms with Gasteiger partial charge >= 0.3 is 0 Å². The number of aromatic nitrogens is 4. The van der Waals surface area contributed by atoms with E-state index in [4.69, 9.17) is 0 Å². The predicted molar refractivity (Wildman–Crippen MR) is 126 cm³/mol. The van der Waals surface area contributed by atoms with Gasteiger partial charge in [-0.15, -0.1) is 0 Å². The first kappa shape index (κ1) is 21.3. The van der Waals surface area contributed by atoms with Crippen LogP contribution in [0.4, 0.5) is 23.1 Å². The van der Waals surface area contributed by atoms with Gasteiger partial charge in [0.2, 0.25) is 5.95 Å². The summed E-state index contributed by atoms with van der Waals surface area (Å²) in [5.41, 5.74) is 3.13. The summed E-state index contributed by atoms with van der Waals surface area (Å²) >= 11 is 3.44. The molecule has 2 N–H and O–H groups in total. The predicted octanol–water partition coefficient (Wildman–Crippen LogP) is 4.80. The summed E-state index contributed by atoms with van der Waals surface area (Å²) in [4.78, 5) is 13.4. The van der Waals surface area contributed by atoms with Gasteiger partial charge in [0.1, 0.15) is 5.82 Å². The fourth-order valence-electron chi connectivity index (χ4n) is 3.06. The second-order valence-corrected chi connectivity index (χ2v) is 10.6. The fourth-order valence-corrected chi connectivity index (χ4v) is 4.55. The van der Waals surface area contributed by atoms with Crippen molar-refractivity contribution in [2.75, 3.05) is 10.6 Å². The zero-order valence-electron chi connectivity index (χ0n) is 17.2. The average molecular weight is 501 g/mol. The van der Waals surface area contributed by atoms with Gasteiger partial charge in [-0.3, -0.25) is 0 Å². The topological polar surface area (TPSA) is 102 Å².